The molecule has 1 heterocycles. The summed E-state index contributed by atoms with van der Waals surface area (Å²) in [4.78, 5) is 22.1. The number of ether oxygens (including phenoxy) is 2. The van der Waals surface area contributed by atoms with E-state index in [1.54, 1.807) is 6.21 Å². The first-order chi connectivity index (χ1) is 12.5. The average Bonchev–Trinajstić information content (AvgIpc) is 3.09. The van der Waals surface area contributed by atoms with Crippen molar-refractivity contribution in [2.45, 2.75) is 13.3 Å². The van der Waals surface area contributed by atoms with Crippen molar-refractivity contribution >= 4 is 17.8 Å². The van der Waals surface area contributed by atoms with Gasteiger partial charge in [-0.1, -0.05) is 13.0 Å². The van der Waals surface area contributed by atoms with E-state index in [1.165, 1.54) is 24.3 Å². The molecule has 1 unspecified atom stereocenters. The Morgan fingerprint density at radius 2 is 2.00 bits per heavy atom. The molecular weight excluding hydrogens is 338 g/mol. The minimum absolute atomic E-state index is 0.0672. The van der Waals surface area contributed by atoms with Crippen LogP contribution in [0, 0.1) is 16.0 Å². The van der Waals surface area contributed by atoms with Crippen LogP contribution in [0.5, 0.6) is 11.5 Å². The van der Waals surface area contributed by atoms with E-state index < -0.39 is 10.8 Å². The van der Waals surface area contributed by atoms with E-state index in [1.807, 2.05) is 25.1 Å². The quantitative estimate of drug-likeness (QED) is 0.487. The average molecular weight is 355 g/mol. The summed E-state index contributed by atoms with van der Waals surface area (Å²) in [7, 11) is 0. The van der Waals surface area contributed by atoms with Crippen LogP contribution in [0.25, 0.3) is 0 Å². The predicted molar refractivity (Wildman–Crippen MR) is 94.5 cm³/mol. The van der Waals surface area contributed by atoms with Gasteiger partial charge in [-0.05, 0) is 42.2 Å². The number of benzene rings is 2. The van der Waals surface area contributed by atoms with Crippen molar-refractivity contribution in [2.24, 2.45) is 11.0 Å². The van der Waals surface area contributed by atoms with Gasteiger partial charge in [0.2, 0.25) is 6.79 Å². The second-order valence-electron chi connectivity index (χ2n) is 5.89. The van der Waals surface area contributed by atoms with Crippen molar-refractivity contribution < 1.29 is 19.2 Å². The van der Waals surface area contributed by atoms with Crippen molar-refractivity contribution in [3.8, 4) is 11.5 Å². The second kappa shape index (κ2) is 7.64. The van der Waals surface area contributed by atoms with Crippen molar-refractivity contribution in [1.29, 1.82) is 0 Å². The summed E-state index contributed by atoms with van der Waals surface area (Å²) < 4.78 is 10.6. The first-order valence-corrected chi connectivity index (χ1v) is 7.99. The van der Waals surface area contributed by atoms with Gasteiger partial charge in [0.05, 0.1) is 4.92 Å². The lowest BCUT2D eigenvalue weighted by atomic mass is 10.0. The molecule has 1 aliphatic rings. The molecule has 2 aromatic rings. The number of non-ortho nitro benzene ring substituents is 1. The molecule has 134 valence electrons. The molecule has 8 heteroatoms. The number of carbonyl (C=O) groups is 1. The molecule has 0 aromatic heterocycles. The number of hydrazone groups is 1. The Labute approximate surface area is 149 Å². The molecule has 0 bridgehead atoms. The minimum Gasteiger partial charge on any atom is -0.454 e. The summed E-state index contributed by atoms with van der Waals surface area (Å²) in [6.45, 7) is 2.22. The van der Waals surface area contributed by atoms with Crippen LogP contribution in [0.4, 0.5) is 5.69 Å². The van der Waals surface area contributed by atoms with Gasteiger partial charge in [0, 0.05) is 23.9 Å². The topological polar surface area (TPSA) is 103 Å². The van der Waals surface area contributed by atoms with E-state index >= 15 is 0 Å². The van der Waals surface area contributed by atoms with Gasteiger partial charge in [0.1, 0.15) is 0 Å². The predicted octanol–water partition coefficient (Wildman–Crippen LogP) is 2.92. The Kier molecular flexibility index (Phi) is 5.12. The molecule has 0 radical (unpaired) electrons. The van der Waals surface area contributed by atoms with Crippen LogP contribution in [-0.4, -0.2) is 23.8 Å². The molecule has 2 aromatic carbocycles. The summed E-state index contributed by atoms with van der Waals surface area (Å²) in [5, 5.41) is 14.6. The zero-order chi connectivity index (χ0) is 18.5. The number of nitro benzene ring substituents is 1. The molecule has 0 saturated carbocycles. The van der Waals surface area contributed by atoms with E-state index in [-0.39, 0.29) is 18.4 Å². The zero-order valence-corrected chi connectivity index (χ0v) is 14.0. The van der Waals surface area contributed by atoms with Crippen LogP contribution >= 0.6 is 0 Å². The fourth-order valence-corrected chi connectivity index (χ4v) is 2.51. The number of nitrogens with one attached hydrogen (secondary N) is 1. The highest BCUT2D eigenvalue weighted by molar-refractivity contribution is 5.94. The van der Waals surface area contributed by atoms with Crippen LogP contribution < -0.4 is 14.9 Å². The van der Waals surface area contributed by atoms with Crippen LogP contribution in [0.3, 0.4) is 0 Å². The number of rotatable bonds is 6. The number of nitrogens with zero attached hydrogens (tertiary/aromatic N) is 2. The third-order valence-corrected chi connectivity index (χ3v) is 3.83. The Morgan fingerprint density at radius 3 is 2.73 bits per heavy atom. The molecule has 1 N–H and O–H groups in total. The van der Waals surface area contributed by atoms with Gasteiger partial charge in [-0.15, -0.1) is 0 Å². The maximum atomic E-state index is 12.0. The first-order valence-electron chi connectivity index (χ1n) is 7.99. The SMILES string of the molecule is CC(C=NNC(=O)c1ccc([N+](=O)[O-])cc1)Cc1ccc2c(c1)OCO2. The molecule has 0 spiro atoms. The summed E-state index contributed by atoms with van der Waals surface area (Å²) in [6, 6.07) is 11.1. The van der Waals surface area contributed by atoms with Gasteiger partial charge < -0.3 is 9.47 Å². The summed E-state index contributed by atoms with van der Waals surface area (Å²) in [5.74, 6) is 1.14. The summed E-state index contributed by atoms with van der Waals surface area (Å²) in [5.41, 5.74) is 3.74. The van der Waals surface area contributed by atoms with Crippen molar-refractivity contribution in [2.75, 3.05) is 6.79 Å². The first kappa shape index (κ1) is 17.4. The highest BCUT2D eigenvalue weighted by atomic mass is 16.7. The van der Waals surface area contributed by atoms with Gasteiger partial charge in [0.25, 0.3) is 11.6 Å². The van der Waals surface area contributed by atoms with Crippen LogP contribution in [-0.2, 0) is 6.42 Å². The van der Waals surface area contributed by atoms with Gasteiger partial charge in [0.15, 0.2) is 11.5 Å². The highest BCUT2D eigenvalue weighted by Gasteiger charge is 2.14. The Bertz CT molecular complexity index is 848. The van der Waals surface area contributed by atoms with E-state index in [2.05, 4.69) is 10.5 Å². The molecule has 0 saturated heterocycles. The molecule has 0 aliphatic carbocycles. The number of fused-ring (bicyclic) bond motifs is 1. The number of hydrogen-bond acceptors (Lipinski definition) is 6. The standard InChI is InChI=1S/C18H17N3O5/c1-12(8-13-2-7-16-17(9-13)26-11-25-16)10-19-20-18(22)14-3-5-15(6-4-14)21(23)24/h2-7,9-10,12H,8,11H2,1H3,(H,20,22). The molecule has 1 amide bonds. The molecule has 0 fully saturated rings. The molecule has 1 aliphatic heterocycles. The monoisotopic (exact) mass is 355 g/mol. The van der Waals surface area contributed by atoms with E-state index in [0.717, 1.165) is 23.5 Å². The lowest BCUT2D eigenvalue weighted by Gasteiger charge is -2.07. The zero-order valence-electron chi connectivity index (χ0n) is 14.0. The largest absolute Gasteiger partial charge is 0.454 e. The lowest BCUT2D eigenvalue weighted by molar-refractivity contribution is -0.384. The van der Waals surface area contributed by atoms with Crippen molar-refractivity contribution in [3.05, 3.63) is 63.7 Å². The Balaban J connectivity index is 1.52. The van der Waals surface area contributed by atoms with Gasteiger partial charge in [-0.3, -0.25) is 14.9 Å². The third kappa shape index (κ3) is 4.15. The van der Waals surface area contributed by atoms with Gasteiger partial charge >= 0.3 is 0 Å². The number of amides is 1. The summed E-state index contributed by atoms with van der Waals surface area (Å²) in [6.07, 6.45) is 2.38. The maximum absolute atomic E-state index is 12.0. The number of nitro groups is 1. The molecule has 1 atom stereocenters. The van der Waals surface area contributed by atoms with E-state index in [0.29, 0.717) is 5.56 Å². The van der Waals surface area contributed by atoms with Gasteiger partial charge in [-0.25, -0.2) is 5.43 Å². The second-order valence-corrected chi connectivity index (χ2v) is 5.89. The van der Waals surface area contributed by atoms with E-state index in [9.17, 15) is 14.9 Å². The Morgan fingerprint density at radius 1 is 1.27 bits per heavy atom. The number of carbonyl (C=O) groups excluding carboxylic acids is 1. The molecule has 3 rings (SSSR count). The van der Waals surface area contributed by atoms with Crippen LogP contribution in [0.1, 0.15) is 22.8 Å². The lowest BCUT2D eigenvalue weighted by Crippen LogP contribution is -2.18. The minimum atomic E-state index is -0.516. The highest BCUT2D eigenvalue weighted by Crippen LogP contribution is 2.32. The third-order valence-electron chi connectivity index (χ3n) is 3.83. The van der Waals surface area contributed by atoms with E-state index in [4.69, 9.17) is 9.47 Å². The summed E-state index contributed by atoms with van der Waals surface area (Å²) >= 11 is 0. The smallest absolute Gasteiger partial charge is 0.271 e. The number of hydrogen-bond donors (Lipinski definition) is 1. The fraction of sp³-hybridized carbons (Fsp3) is 0.222. The normalized spacial score (nSPS) is 13.6. The molecular formula is C18H17N3O5. The Hall–Kier alpha value is -3.42. The van der Waals surface area contributed by atoms with Crippen LogP contribution in [0.15, 0.2) is 47.6 Å². The van der Waals surface area contributed by atoms with Crippen molar-refractivity contribution in [3.63, 3.8) is 0 Å². The van der Waals surface area contributed by atoms with Crippen LogP contribution in [0.2, 0.25) is 0 Å². The fourth-order valence-electron chi connectivity index (χ4n) is 2.51. The molecule has 8 nitrogen and oxygen atoms in total. The van der Waals surface area contributed by atoms with Gasteiger partial charge in [-0.2, -0.15) is 5.10 Å². The van der Waals surface area contributed by atoms with Crippen molar-refractivity contribution in [1.82, 2.24) is 5.43 Å². The maximum Gasteiger partial charge on any atom is 0.271 e. The molecule has 26 heavy (non-hydrogen) atoms.